The number of aryl methyl sites for hydroxylation is 1. The van der Waals surface area contributed by atoms with Gasteiger partial charge in [-0.25, -0.2) is 8.42 Å². The molecule has 2 fully saturated rings. The van der Waals surface area contributed by atoms with Crippen molar-refractivity contribution in [2.24, 2.45) is 5.92 Å². The molecule has 2 heterocycles. The van der Waals surface area contributed by atoms with Crippen molar-refractivity contribution in [2.75, 3.05) is 24.5 Å². The van der Waals surface area contributed by atoms with E-state index in [4.69, 9.17) is 0 Å². The minimum absolute atomic E-state index is 0.00987. The summed E-state index contributed by atoms with van der Waals surface area (Å²) >= 11 is 0. The zero-order valence-corrected chi connectivity index (χ0v) is 18.4. The highest BCUT2D eigenvalue weighted by Crippen LogP contribution is 2.32. The van der Waals surface area contributed by atoms with Crippen LogP contribution in [0, 0.1) is 5.92 Å². The van der Waals surface area contributed by atoms with E-state index in [2.05, 4.69) is 5.32 Å². The van der Waals surface area contributed by atoms with Gasteiger partial charge in [0.15, 0.2) is 0 Å². The molecule has 2 aliphatic heterocycles. The molecular formula is C22H31N3O4S. The van der Waals surface area contributed by atoms with E-state index >= 15 is 0 Å². The lowest BCUT2D eigenvalue weighted by molar-refractivity contribution is -0.126. The van der Waals surface area contributed by atoms with Crippen molar-refractivity contribution in [3.05, 3.63) is 23.8 Å². The van der Waals surface area contributed by atoms with Gasteiger partial charge in [0.05, 0.1) is 10.8 Å². The Labute approximate surface area is 178 Å². The Morgan fingerprint density at radius 3 is 2.53 bits per heavy atom. The van der Waals surface area contributed by atoms with Crippen LogP contribution in [0.5, 0.6) is 0 Å². The third-order valence-corrected chi connectivity index (χ3v) is 8.51. The molecule has 2 amide bonds. The number of benzene rings is 1. The fourth-order valence-corrected chi connectivity index (χ4v) is 6.55. The molecule has 3 aliphatic rings. The number of hydrogen-bond donors (Lipinski definition) is 1. The van der Waals surface area contributed by atoms with Crippen LogP contribution in [0.25, 0.3) is 0 Å². The van der Waals surface area contributed by atoms with Gasteiger partial charge in [-0.3, -0.25) is 9.59 Å². The highest BCUT2D eigenvalue weighted by Gasteiger charge is 2.35. The van der Waals surface area contributed by atoms with Crippen LogP contribution in [0.3, 0.4) is 0 Å². The lowest BCUT2D eigenvalue weighted by atomic mass is 9.98. The number of rotatable bonds is 4. The van der Waals surface area contributed by atoms with E-state index in [1.54, 1.807) is 23.1 Å². The Morgan fingerprint density at radius 2 is 1.80 bits per heavy atom. The molecule has 1 saturated carbocycles. The van der Waals surface area contributed by atoms with E-state index in [1.807, 2.05) is 0 Å². The number of fused-ring (bicyclic) bond motifs is 1. The maximum atomic E-state index is 13.3. The Morgan fingerprint density at radius 1 is 1.03 bits per heavy atom. The van der Waals surface area contributed by atoms with Crippen LogP contribution in [0.4, 0.5) is 5.69 Å². The Kier molecular flexibility index (Phi) is 6.16. The number of sulfonamides is 1. The van der Waals surface area contributed by atoms with Crippen LogP contribution in [0.1, 0.15) is 57.4 Å². The number of anilines is 1. The second-order valence-electron chi connectivity index (χ2n) is 8.76. The Bertz CT molecular complexity index is 924. The lowest BCUT2D eigenvalue weighted by Gasteiger charge is -2.33. The van der Waals surface area contributed by atoms with Gasteiger partial charge in [0, 0.05) is 38.3 Å². The van der Waals surface area contributed by atoms with Crippen molar-refractivity contribution in [1.82, 2.24) is 9.62 Å². The average Bonchev–Trinajstić information content (AvgIpc) is 3.26. The molecule has 7 nitrogen and oxygen atoms in total. The maximum absolute atomic E-state index is 13.3. The summed E-state index contributed by atoms with van der Waals surface area (Å²) in [6.07, 6.45) is 7.33. The predicted octanol–water partition coefficient (Wildman–Crippen LogP) is 2.45. The number of nitrogens with zero attached hydrogens (tertiary/aromatic N) is 2. The minimum atomic E-state index is -3.68. The summed E-state index contributed by atoms with van der Waals surface area (Å²) in [7, 11) is -3.68. The first kappa shape index (κ1) is 21.3. The first-order valence-corrected chi connectivity index (χ1v) is 12.5. The van der Waals surface area contributed by atoms with Crippen molar-refractivity contribution in [2.45, 2.75) is 69.2 Å². The van der Waals surface area contributed by atoms with Crippen molar-refractivity contribution in [1.29, 1.82) is 0 Å². The molecule has 1 N–H and O–H groups in total. The van der Waals surface area contributed by atoms with Gasteiger partial charge in [-0.2, -0.15) is 4.31 Å². The summed E-state index contributed by atoms with van der Waals surface area (Å²) in [6, 6.07) is 5.30. The monoisotopic (exact) mass is 433 g/mol. The van der Waals surface area contributed by atoms with Gasteiger partial charge in [-0.05, 0) is 62.3 Å². The number of nitrogens with one attached hydrogen (secondary N) is 1. The second kappa shape index (κ2) is 8.67. The van der Waals surface area contributed by atoms with Crippen molar-refractivity contribution in [3.63, 3.8) is 0 Å². The smallest absolute Gasteiger partial charge is 0.243 e. The molecule has 0 aromatic heterocycles. The van der Waals surface area contributed by atoms with E-state index in [-0.39, 0.29) is 35.2 Å². The average molecular weight is 434 g/mol. The Balaban J connectivity index is 1.50. The number of hydrogen-bond acceptors (Lipinski definition) is 4. The number of carbonyl (C=O) groups is 2. The summed E-state index contributed by atoms with van der Waals surface area (Å²) in [5, 5.41) is 3.12. The van der Waals surface area contributed by atoms with E-state index < -0.39 is 10.0 Å². The summed E-state index contributed by atoms with van der Waals surface area (Å²) in [6.45, 7) is 2.87. The Hall–Kier alpha value is -1.93. The molecule has 0 bridgehead atoms. The normalized spacial score (nSPS) is 23.2. The van der Waals surface area contributed by atoms with E-state index in [9.17, 15) is 18.0 Å². The molecule has 8 heteroatoms. The van der Waals surface area contributed by atoms with Gasteiger partial charge in [-0.1, -0.05) is 12.8 Å². The van der Waals surface area contributed by atoms with Gasteiger partial charge in [0.25, 0.3) is 0 Å². The minimum Gasteiger partial charge on any atom is -0.353 e. The van der Waals surface area contributed by atoms with Gasteiger partial charge >= 0.3 is 0 Å². The van der Waals surface area contributed by atoms with E-state index in [0.717, 1.165) is 56.2 Å². The SMILES string of the molecule is CC(=O)N1CCCc2cc(S(=O)(=O)N3CCC[C@H](C(=O)NC4CCCC4)C3)ccc21. The highest BCUT2D eigenvalue weighted by atomic mass is 32.2. The second-order valence-corrected chi connectivity index (χ2v) is 10.7. The topological polar surface area (TPSA) is 86.8 Å². The van der Waals surface area contributed by atoms with Crippen LogP contribution in [0.2, 0.25) is 0 Å². The largest absolute Gasteiger partial charge is 0.353 e. The summed E-state index contributed by atoms with van der Waals surface area (Å²) < 4.78 is 28.1. The van der Waals surface area contributed by atoms with Crippen LogP contribution in [0.15, 0.2) is 23.1 Å². The summed E-state index contributed by atoms with van der Waals surface area (Å²) in [5.41, 5.74) is 1.70. The first-order valence-electron chi connectivity index (χ1n) is 11.1. The first-order chi connectivity index (χ1) is 14.4. The number of amides is 2. The molecule has 30 heavy (non-hydrogen) atoms. The zero-order valence-electron chi connectivity index (χ0n) is 17.6. The van der Waals surface area contributed by atoms with Crippen molar-refractivity contribution in [3.8, 4) is 0 Å². The summed E-state index contributed by atoms with van der Waals surface area (Å²) in [4.78, 5) is 26.5. The molecule has 0 spiro atoms. The molecule has 0 unspecified atom stereocenters. The van der Waals surface area contributed by atoms with Gasteiger partial charge in [-0.15, -0.1) is 0 Å². The van der Waals surface area contributed by atoms with Crippen molar-refractivity contribution < 1.29 is 18.0 Å². The highest BCUT2D eigenvalue weighted by molar-refractivity contribution is 7.89. The van der Waals surface area contributed by atoms with Crippen LogP contribution < -0.4 is 10.2 Å². The quantitative estimate of drug-likeness (QED) is 0.790. The maximum Gasteiger partial charge on any atom is 0.243 e. The number of carbonyl (C=O) groups excluding carboxylic acids is 2. The van der Waals surface area contributed by atoms with Crippen molar-refractivity contribution >= 4 is 27.5 Å². The molecule has 1 saturated heterocycles. The molecule has 1 atom stereocenters. The van der Waals surface area contributed by atoms with Crippen LogP contribution in [-0.2, 0) is 26.0 Å². The fraction of sp³-hybridized carbons (Fsp3) is 0.636. The molecule has 1 aromatic rings. The standard InChI is InChI=1S/C22H31N3O4S/c1-16(26)25-13-5-6-17-14-20(10-11-21(17)25)30(28,29)24-12-4-7-18(15-24)22(27)23-19-8-2-3-9-19/h10-11,14,18-19H,2-9,12-13,15H2,1H3,(H,23,27)/t18-/m0/s1. The summed E-state index contributed by atoms with van der Waals surface area (Å²) in [5.74, 6) is -0.331. The number of piperidine rings is 1. The fourth-order valence-electron chi connectivity index (χ4n) is 4.97. The molecule has 4 rings (SSSR count). The molecule has 1 aromatic carbocycles. The van der Waals surface area contributed by atoms with Crippen LogP contribution in [-0.4, -0.2) is 50.2 Å². The molecular weight excluding hydrogens is 402 g/mol. The molecule has 0 radical (unpaired) electrons. The van der Waals surface area contributed by atoms with Gasteiger partial charge < -0.3 is 10.2 Å². The molecule has 1 aliphatic carbocycles. The zero-order chi connectivity index (χ0) is 21.3. The van der Waals surface area contributed by atoms with E-state index in [0.29, 0.717) is 19.5 Å². The lowest BCUT2D eigenvalue weighted by Crippen LogP contribution is -2.47. The predicted molar refractivity (Wildman–Crippen MR) is 115 cm³/mol. The molecule has 164 valence electrons. The van der Waals surface area contributed by atoms with Crippen LogP contribution >= 0.6 is 0 Å². The van der Waals surface area contributed by atoms with Gasteiger partial charge in [0.1, 0.15) is 0 Å². The third-order valence-electron chi connectivity index (χ3n) is 6.64. The van der Waals surface area contributed by atoms with Gasteiger partial charge in [0.2, 0.25) is 21.8 Å². The van der Waals surface area contributed by atoms with E-state index in [1.165, 1.54) is 11.2 Å². The third kappa shape index (κ3) is 4.25.